The summed E-state index contributed by atoms with van der Waals surface area (Å²) in [4.78, 5) is 27.4. The minimum Gasteiger partial charge on any atom is -0.340 e. The van der Waals surface area contributed by atoms with Crippen LogP contribution in [0.25, 0.3) is 0 Å². The second-order valence-electron chi connectivity index (χ2n) is 7.17. The summed E-state index contributed by atoms with van der Waals surface area (Å²) in [6.07, 6.45) is 4.85. The largest absolute Gasteiger partial charge is 0.340 e. The number of hydrogen-bond acceptors (Lipinski definition) is 2. The van der Waals surface area contributed by atoms with E-state index in [0.29, 0.717) is 12.5 Å². The standard InChI is InChI=1S/C16H28N2O2/c1-11(2)10-18-13(12(3)4)14(19)17-16(15(18)20)8-6-5-7-9-16/h11-13H,5-10H2,1-4H3,(H,17,19). The molecule has 0 bridgehead atoms. The van der Waals surface area contributed by atoms with Crippen molar-refractivity contribution in [3.63, 3.8) is 0 Å². The number of nitrogens with zero attached hydrogens (tertiary/aromatic N) is 1. The molecule has 0 aromatic carbocycles. The Morgan fingerprint density at radius 1 is 1.15 bits per heavy atom. The Morgan fingerprint density at radius 3 is 2.25 bits per heavy atom. The van der Waals surface area contributed by atoms with Crippen LogP contribution in [-0.2, 0) is 9.59 Å². The first-order valence-electron chi connectivity index (χ1n) is 8.00. The molecule has 0 aromatic rings. The average molecular weight is 280 g/mol. The number of nitrogens with one attached hydrogen (secondary N) is 1. The molecular weight excluding hydrogens is 252 g/mol. The molecule has 2 aliphatic rings. The number of carbonyl (C=O) groups excluding carboxylic acids is 2. The Labute approximate surface area is 122 Å². The maximum absolute atomic E-state index is 13.0. The van der Waals surface area contributed by atoms with Crippen molar-refractivity contribution in [2.24, 2.45) is 11.8 Å². The first-order chi connectivity index (χ1) is 9.37. The monoisotopic (exact) mass is 280 g/mol. The number of carbonyl (C=O) groups is 2. The van der Waals surface area contributed by atoms with Crippen LogP contribution in [0.1, 0.15) is 59.8 Å². The summed E-state index contributed by atoms with van der Waals surface area (Å²) in [5.74, 6) is 0.733. The smallest absolute Gasteiger partial charge is 0.249 e. The minimum absolute atomic E-state index is 0.0437. The Morgan fingerprint density at radius 2 is 1.75 bits per heavy atom. The van der Waals surface area contributed by atoms with Gasteiger partial charge in [-0.1, -0.05) is 47.0 Å². The van der Waals surface area contributed by atoms with Gasteiger partial charge in [-0.05, 0) is 24.7 Å². The lowest BCUT2D eigenvalue weighted by molar-refractivity contribution is -0.159. The molecule has 4 nitrogen and oxygen atoms in total. The van der Waals surface area contributed by atoms with Crippen molar-refractivity contribution in [2.45, 2.75) is 71.4 Å². The number of rotatable bonds is 3. The molecule has 2 amide bonds. The molecule has 1 spiro atoms. The molecule has 1 aliphatic heterocycles. The second kappa shape index (κ2) is 5.74. The second-order valence-corrected chi connectivity index (χ2v) is 7.17. The first kappa shape index (κ1) is 15.3. The summed E-state index contributed by atoms with van der Waals surface area (Å²) in [5, 5.41) is 3.09. The van der Waals surface area contributed by atoms with Crippen molar-refractivity contribution in [3.8, 4) is 0 Å². The van der Waals surface area contributed by atoms with E-state index >= 15 is 0 Å². The van der Waals surface area contributed by atoms with Gasteiger partial charge < -0.3 is 10.2 Å². The average Bonchev–Trinajstić information content (AvgIpc) is 2.35. The fraction of sp³-hybridized carbons (Fsp3) is 0.875. The molecule has 114 valence electrons. The van der Waals surface area contributed by atoms with Gasteiger partial charge in [0.25, 0.3) is 0 Å². The fourth-order valence-electron chi connectivity index (χ4n) is 3.65. The lowest BCUT2D eigenvalue weighted by atomic mass is 9.77. The molecule has 2 fully saturated rings. The van der Waals surface area contributed by atoms with Gasteiger partial charge in [-0.2, -0.15) is 0 Å². The van der Waals surface area contributed by atoms with E-state index in [1.54, 1.807) is 0 Å². The summed E-state index contributed by atoms with van der Waals surface area (Å²) in [5.41, 5.74) is -0.602. The van der Waals surface area contributed by atoms with Crippen molar-refractivity contribution >= 4 is 11.8 Å². The molecule has 0 radical (unpaired) electrons. The highest BCUT2D eigenvalue weighted by Gasteiger charge is 2.51. The van der Waals surface area contributed by atoms with Gasteiger partial charge in [0, 0.05) is 6.54 Å². The van der Waals surface area contributed by atoms with Crippen molar-refractivity contribution in [1.82, 2.24) is 10.2 Å². The Balaban J connectivity index is 2.30. The molecular formula is C16H28N2O2. The van der Waals surface area contributed by atoms with Crippen LogP contribution in [0.2, 0.25) is 0 Å². The predicted molar refractivity (Wildman–Crippen MR) is 79.1 cm³/mol. The quantitative estimate of drug-likeness (QED) is 0.862. The van der Waals surface area contributed by atoms with E-state index in [-0.39, 0.29) is 23.8 Å². The zero-order chi connectivity index (χ0) is 14.9. The van der Waals surface area contributed by atoms with Gasteiger partial charge in [-0.15, -0.1) is 0 Å². The molecule has 1 atom stereocenters. The molecule has 1 aliphatic carbocycles. The summed E-state index contributed by atoms with van der Waals surface area (Å²) in [6, 6.07) is -0.308. The minimum atomic E-state index is -0.602. The fourth-order valence-corrected chi connectivity index (χ4v) is 3.65. The molecule has 1 unspecified atom stereocenters. The summed E-state index contributed by atoms with van der Waals surface area (Å²) < 4.78 is 0. The van der Waals surface area contributed by atoms with E-state index in [4.69, 9.17) is 0 Å². The van der Waals surface area contributed by atoms with Crippen LogP contribution in [-0.4, -0.2) is 34.8 Å². The van der Waals surface area contributed by atoms with Crippen molar-refractivity contribution in [1.29, 1.82) is 0 Å². The summed E-state index contributed by atoms with van der Waals surface area (Å²) in [7, 11) is 0. The van der Waals surface area contributed by atoms with E-state index in [1.807, 2.05) is 18.7 Å². The third-order valence-corrected chi connectivity index (χ3v) is 4.54. The van der Waals surface area contributed by atoms with Crippen LogP contribution in [0.4, 0.5) is 0 Å². The van der Waals surface area contributed by atoms with Gasteiger partial charge in [0.2, 0.25) is 11.8 Å². The normalized spacial score (nSPS) is 26.5. The van der Waals surface area contributed by atoms with Gasteiger partial charge in [0.15, 0.2) is 0 Å². The van der Waals surface area contributed by atoms with Crippen LogP contribution < -0.4 is 5.32 Å². The van der Waals surface area contributed by atoms with E-state index in [0.717, 1.165) is 25.7 Å². The lowest BCUT2D eigenvalue weighted by Gasteiger charge is -2.49. The van der Waals surface area contributed by atoms with E-state index in [9.17, 15) is 9.59 Å². The highest BCUT2D eigenvalue weighted by atomic mass is 16.2. The number of piperazine rings is 1. The Bertz CT molecular complexity index is 384. The third-order valence-electron chi connectivity index (χ3n) is 4.54. The Kier molecular flexibility index (Phi) is 4.40. The van der Waals surface area contributed by atoms with E-state index < -0.39 is 5.54 Å². The summed E-state index contributed by atoms with van der Waals surface area (Å²) >= 11 is 0. The van der Waals surface area contributed by atoms with Gasteiger partial charge in [0.05, 0.1) is 0 Å². The highest BCUT2D eigenvalue weighted by molar-refractivity contribution is 6.00. The van der Waals surface area contributed by atoms with Crippen LogP contribution in [0.5, 0.6) is 0 Å². The highest BCUT2D eigenvalue weighted by Crippen LogP contribution is 2.34. The summed E-state index contributed by atoms with van der Waals surface area (Å²) in [6.45, 7) is 8.92. The zero-order valence-electron chi connectivity index (χ0n) is 13.2. The van der Waals surface area contributed by atoms with Crippen molar-refractivity contribution < 1.29 is 9.59 Å². The lowest BCUT2D eigenvalue weighted by Crippen LogP contribution is -2.72. The maximum Gasteiger partial charge on any atom is 0.249 e. The van der Waals surface area contributed by atoms with Gasteiger partial charge >= 0.3 is 0 Å². The van der Waals surface area contributed by atoms with Gasteiger partial charge in [0.1, 0.15) is 11.6 Å². The Hall–Kier alpha value is -1.06. The van der Waals surface area contributed by atoms with E-state index in [1.165, 1.54) is 6.42 Å². The molecule has 1 saturated carbocycles. The molecule has 1 heterocycles. The zero-order valence-corrected chi connectivity index (χ0v) is 13.2. The molecule has 4 heteroatoms. The topological polar surface area (TPSA) is 49.4 Å². The first-order valence-corrected chi connectivity index (χ1v) is 8.00. The van der Waals surface area contributed by atoms with Crippen LogP contribution in [0.3, 0.4) is 0 Å². The van der Waals surface area contributed by atoms with Crippen LogP contribution >= 0.6 is 0 Å². The van der Waals surface area contributed by atoms with Crippen LogP contribution in [0.15, 0.2) is 0 Å². The molecule has 1 N–H and O–H groups in total. The van der Waals surface area contributed by atoms with Gasteiger partial charge in [-0.25, -0.2) is 0 Å². The molecule has 2 rings (SSSR count). The number of amides is 2. The van der Waals surface area contributed by atoms with Crippen molar-refractivity contribution in [3.05, 3.63) is 0 Å². The number of hydrogen-bond donors (Lipinski definition) is 1. The third kappa shape index (κ3) is 2.70. The van der Waals surface area contributed by atoms with Crippen molar-refractivity contribution in [2.75, 3.05) is 6.54 Å². The van der Waals surface area contributed by atoms with Gasteiger partial charge in [-0.3, -0.25) is 9.59 Å². The molecule has 20 heavy (non-hydrogen) atoms. The molecule has 1 saturated heterocycles. The van der Waals surface area contributed by atoms with E-state index in [2.05, 4.69) is 19.2 Å². The molecule has 0 aromatic heterocycles. The predicted octanol–water partition coefficient (Wildman–Crippen LogP) is 2.33. The SMILES string of the molecule is CC(C)CN1C(=O)C2(CCCCC2)NC(=O)C1C(C)C. The van der Waals surface area contributed by atoms with Crippen LogP contribution in [0, 0.1) is 11.8 Å². The maximum atomic E-state index is 13.0.